The predicted octanol–water partition coefficient (Wildman–Crippen LogP) is 1.20. The molecule has 0 saturated carbocycles. The topological polar surface area (TPSA) is 49.2 Å². The zero-order chi connectivity index (χ0) is 19.8. The molecule has 76 valence electrons. The first-order chi connectivity index (χ1) is 10.9. The van der Waals surface area contributed by atoms with E-state index in [1.54, 1.807) is 0 Å². The van der Waals surface area contributed by atoms with E-state index in [0.717, 1.165) is 0 Å². The standard InChI is InChI=1S/C9H12BrN3O/c10-7-5-11-9(12-6-7)13-3-1-8(14)2-4-13/h5-6,8,14H,1-4H2/i1D2,2D2,3D2,4D2,5D,6D,8D. The zero-order valence-corrected chi connectivity index (χ0v) is 8.25. The van der Waals surface area contributed by atoms with Crippen LogP contribution in [-0.4, -0.2) is 34.1 Å². The molecule has 14 heavy (non-hydrogen) atoms. The Morgan fingerprint density at radius 3 is 2.71 bits per heavy atom. The first-order valence-corrected chi connectivity index (χ1v) is 4.27. The molecule has 0 spiro atoms. The number of halogens is 1. The van der Waals surface area contributed by atoms with E-state index < -0.39 is 50.1 Å². The van der Waals surface area contributed by atoms with Crippen molar-refractivity contribution in [3.63, 3.8) is 0 Å². The van der Waals surface area contributed by atoms with Crippen molar-refractivity contribution < 1.29 is 20.2 Å². The average Bonchev–Trinajstić information content (AvgIpc) is 2.42. The molecule has 1 N–H and O–H groups in total. The van der Waals surface area contributed by atoms with E-state index >= 15 is 0 Å². The third-order valence-corrected chi connectivity index (χ3v) is 1.63. The van der Waals surface area contributed by atoms with Crippen LogP contribution in [0.5, 0.6) is 0 Å². The molecule has 2 heterocycles. The highest BCUT2D eigenvalue weighted by molar-refractivity contribution is 9.10. The van der Waals surface area contributed by atoms with Crippen LogP contribution in [0.1, 0.15) is 27.8 Å². The van der Waals surface area contributed by atoms with Crippen LogP contribution in [0.15, 0.2) is 16.8 Å². The van der Waals surface area contributed by atoms with Gasteiger partial charge in [0.05, 0.1) is 14.7 Å². The Labute approximate surface area is 107 Å². The van der Waals surface area contributed by atoms with Crippen LogP contribution in [0.25, 0.3) is 0 Å². The van der Waals surface area contributed by atoms with Gasteiger partial charge in [0.1, 0.15) is 0 Å². The van der Waals surface area contributed by atoms with Crippen molar-refractivity contribution in [1.82, 2.24) is 9.97 Å². The summed E-state index contributed by atoms with van der Waals surface area (Å²) in [4.78, 5) is 6.85. The lowest BCUT2D eigenvalue weighted by Crippen LogP contribution is -2.36. The molecule has 4 nitrogen and oxygen atoms in total. The normalized spacial score (nSPS) is 46.7. The fraction of sp³-hybridized carbons (Fsp3) is 0.556. The molecule has 1 aromatic heterocycles. The van der Waals surface area contributed by atoms with Crippen molar-refractivity contribution >= 4 is 21.9 Å². The number of nitrogens with zero attached hydrogens (tertiary/aromatic N) is 3. The van der Waals surface area contributed by atoms with E-state index in [0.29, 0.717) is 0 Å². The van der Waals surface area contributed by atoms with Crippen LogP contribution < -0.4 is 4.90 Å². The summed E-state index contributed by atoms with van der Waals surface area (Å²) in [6.07, 6.45) is -12.3. The second-order valence-corrected chi connectivity index (χ2v) is 3.01. The molecule has 0 unspecified atom stereocenters. The lowest BCUT2D eigenvalue weighted by atomic mass is 10.1. The number of anilines is 1. The van der Waals surface area contributed by atoms with Gasteiger partial charge in [-0.25, -0.2) is 9.97 Å². The summed E-state index contributed by atoms with van der Waals surface area (Å²) in [6.45, 7) is -6.99. The fourth-order valence-corrected chi connectivity index (χ4v) is 0.902. The summed E-state index contributed by atoms with van der Waals surface area (Å²) in [5.74, 6) is -0.962. The molecule has 1 aromatic rings. The van der Waals surface area contributed by atoms with Gasteiger partial charge in [0.2, 0.25) is 5.95 Å². The molecule has 2 rings (SSSR count). The van der Waals surface area contributed by atoms with Crippen LogP contribution >= 0.6 is 15.9 Å². The van der Waals surface area contributed by atoms with E-state index in [9.17, 15) is 5.11 Å². The Morgan fingerprint density at radius 2 is 2.14 bits per heavy atom. The lowest BCUT2D eigenvalue weighted by molar-refractivity contribution is 0.145. The summed E-state index contributed by atoms with van der Waals surface area (Å²) >= 11 is 2.83. The minimum Gasteiger partial charge on any atom is -0.393 e. The largest absolute Gasteiger partial charge is 0.393 e. The first kappa shape index (κ1) is 3.15. The molecule has 0 aromatic carbocycles. The summed E-state index contributed by atoms with van der Waals surface area (Å²) in [5.41, 5.74) is 0. The highest BCUT2D eigenvalue weighted by atomic mass is 79.9. The van der Waals surface area contributed by atoms with Gasteiger partial charge in [0.25, 0.3) is 0 Å². The summed E-state index contributed by atoms with van der Waals surface area (Å²) < 4.78 is 85.2. The van der Waals surface area contributed by atoms with Gasteiger partial charge in [0, 0.05) is 36.3 Å². The molecular weight excluding hydrogens is 246 g/mol. The molecule has 0 radical (unpaired) electrons. The van der Waals surface area contributed by atoms with Crippen molar-refractivity contribution in [3.05, 3.63) is 16.8 Å². The maximum atomic E-state index is 10.0. The highest BCUT2D eigenvalue weighted by Gasteiger charge is 2.18. The Hall–Kier alpha value is -0.680. The van der Waals surface area contributed by atoms with Gasteiger partial charge in [-0.2, -0.15) is 0 Å². The molecule has 1 saturated heterocycles. The fourth-order valence-electron chi connectivity index (χ4n) is 0.725. The van der Waals surface area contributed by atoms with Gasteiger partial charge < -0.3 is 10.0 Å². The minimum absolute atomic E-state index is 0.120. The van der Waals surface area contributed by atoms with Crippen LogP contribution in [-0.2, 0) is 0 Å². The van der Waals surface area contributed by atoms with Crippen molar-refractivity contribution in [3.8, 4) is 0 Å². The maximum Gasteiger partial charge on any atom is 0.225 e. The van der Waals surface area contributed by atoms with Crippen LogP contribution in [0.2, 0.25) is 0 Å². The summed E-state index contributed by atoms with van der Waals surface area (Å²) in [6, 6.07) is 0. The van der Waals surface area contributed by atoms with E-state index in [1.165, 1.54) is 0 Å². The average molecular weight is 269 g/mol. The molecule has 1 aliphatic heterocycles. The predicted molar refractivity (Wildman–Crippen MR) is 57.2 cm³/mol. The highest BCUT2D eigenvalue weighted by Crippen LogP contribution is 2.16. The third kappa shape index (κ3) is 2.22. The van der Waals surface area contributed by atoms with E-state index in [1.807, 2.05) is 0 Å². The van der Waals surface area contributed by atoms with Crippen molar-refractivity contribution in [2.24, 2.45) is 0 Å². The number of hydrogen-bond acceptors (Lipinski definition) is 4. The maximum absolute atomic E-state index is 10.0. The lowest BCUT2D eigenvalue weighted by Gasteiger charge is -2.29. The molecule has 0 bridgehead atoms. The molecular formula is C9H12BrN3O. The molecule has 1 fully saturated rings. The summed E-state index contributed by atoms with van der Waals surface area (Å²) in [7, 11) is 0. The second-order valence-electron chi connectivity index (χ2n) is 2.22. The SMILES string of the molecule is [2H]c1nc(N2C([2H])([2H])C([2H])([2H])C([2H])(O)C([2H])([2H])C2([2H])[2H])nc([2H])c1Br. The number of aromatic nitrogens is 2. The van der Waals surface area contributed by atoms with Gasteiger partial charge in [0.15, 0.2) is 0 Å². The Bertz CT molecular complexity index is 672. The van der Waals surface area contributed by atoms with Crippen LogP contribution in [0, 0.1) is 0 Å². The third-order valence-electron chi connectivity index (χ3n) is 1.28. The Morgan fingerprint density at radius 1 is 1.57 bits per heavy atom. The van der Waals surface area contributed by atoms with Gasteiger partial charge in [-0.3, -0.25) is 0 Å². The number of rotatable bonds is 1. The molecule has 1 aliphatic rings. The zero-order valence-electron chi connectivity index (χ0n) is 17.7. The second kappa shape index (κ2) is 4.23. The van der Waals surface area contributed by atoms with E-state index in [4.69, 9.17) is 15.1 Å². The van der Waals surface area contributed by atoms with E-state index in [-0.39, 0.29) is 9.37 Å². The number of aliphatic hydroxyl groups is 1. The van der Waals surface area contributed by atoms with Crippen LogP contribution in [0.4, 0.5) is 5.95 Å². The van der Waals surface area contributed by atoms with Gasteiger partial charge in [-0.05, 0) is 28.7 Å². The van der Waals surface area contributed by atoms with Gasteiger partial charge >= 0.3 is 0 Å². The summed E-state index contributed by atoms with van der Waals surface area (Å²) in [5, 5.41) is 10.0. The van der Waals surface area contributed by atoms with E-state index in [2.05, 4.69) is 25.9 Å². The Balaban J connectivity index is 2.84. The van der Waals surface area contributed by atoms with Crippen LogP contribution in [0.3, 0.4) is 0 Å². The van der Waals surface area contributed by atoms with Crippen molar-refractivity contribution in [2.75, 3.05) is 17.9 Å². The van der Waals surface area contributed by atoms with Crippen molar-refractivity contribution in [1.29, 1.82) is 0 Å². The minimum atomic E-state index is -3.80. The Kier molecular flexibility index (Phi) is 0.953. The molecule has 0 aliphatic carbocycles. The number of piperidine rings is 1. The molecule has 0 amide bonds. The first-order valence-electron chi connectivity index (χ1n) is 8.98. The molecule has 0 atom stereocenters. The van der Waals surface area contributed by atoms with Gasteiger partial charge in [-0.15, -0.1) is 0 Å². The van der Waals surface area contributed by atoms with Gasteiger partial charge in [-0.1, -0.05) is 0 Å². The molecule has 5 heteroatoms. The quantitative estimate of drug-likeness (QED) is 0.832. The number of hydrogen-bond donors (Lipinski definition) is 1. The van der Waals surface area contributed by atoms with Crippen molar-refractivity contribution in [2.45, 2.75) is 18.8 Å². The smallest absolute Gasteiger partial charge is 0.225 e. The monoisotopic (exact) mass is 268 g/mol.